The summed E-state index contributed by atoms with van der Waals surface area (Å²) in [5.74, 6) is 0.135. The fourth-order valence-corrected chi connectivity index (χ4v) is 2.27. The van der Waals surface area contributed by atoms with Crippen molar-refractivity contribution in [1.82, 2.24) is 4.90 Å². The van der Waals surface area contributed by atoms with Crippen LogP contribution >= 0.6 is 11.6 Å². The van der Waals surface area contributed by atoms with Crippen LogP contribution in [0.25, 0.3) is 0 Å². The Balaban J connectivity index is 1.79. The van der Waals surface area contributed by atoms with Crippen LogP contribution in [0.1, 0.15) is 13.8 Å². The summed E-state index contributed by atoms with van der Waals surface area (Å²) in [6.45, 7) is 5.39. The number of rotatable bonds is 4. The summed E-state index contributed by atoms with van der Waals surface area (Å²) in [7, 11) is 0. The van der Waals surface area contributed by atoms with E-state index in [1.807, 2.05) is 18.7 Å². The van der Waals surface area contributed by atoms with Gasteiger partial charge in [0, 0.05) is 23.8 Å². The minimum absolute atomic E-state index is 0.0758. The summed E-state index contributed by atoms with van der Waals surface area (Å²) < 4.78 is 0. The van der Waals surface area contributed by atoms with Crippen molar-refractivity contribution in [3.63, 3.8) is 0 Å². The molecule has 5 heteroatoms. The van der Waals surface area contributed by atoms with E-state index in [1.165, 1.54) is 0 Å². The lowest BCUT2D eigenvalue weighted by Gasteiger charge is -2.48. The van der Waals surface area contributed by atoms with Crippen LogP contribution in [0.15, 0.2) is 24.3 Å². The van der Waals surface area contributed by atoms with Crippen LogP contribution in [-0.2, 0) is 4.79 Å². The minimum Gasteiger partial charge on any atom is -0.387 e. The number of anilines is 1. The van der Waals surface area contributed by atoms with Crippen molar-refractivity contribution >= 4 is 23.2 Å². The molecule has 1 amide bonds. The van der Waals surface area contributed by atoms with Crippen LogP contribution in [0.4, 0.5) is 5.69 Å². The van der Waals surface area contributed by atoms with Crippen LogP contribution < -0.4 is 5.32 Å². The van der Waals surface area contributed by atoms with Gasteiger partial charge in [0.05, 0.1) is 12.1 Å². The van der Waals surface area contributed by atoms with Gasteiger partial charge >= 0.3 is 0 Å². The summed E-state index contributed by atoms with van der Waals surface area (Å²) in [5, 5.41) is 13.5. The molecule has 0 atom stereocenters. The molecule has 1 aliphatic rings. The van der Waals surface area contributed by atoms with E-state index < -0.39 is 5.60 Å². The number of carbonyl (C=O) groups is 1. The molecule has 1 saturated heterocycles. The Morgan fingerprint density at radius 2 is 2.00 bits per heavy atom. The Morgan fingerprint density at radius 1 is 1.42 bits per heavy atom. The Kier molecular flexibility index (Phi) is 4.13. The van der Waals surface area contributed by atoms with Crippen molar-refractivity contribution in [2.45, 2.75) is 19.4 Å². The van der Waals surface area contributed by atoms with E-state index in [2.05, 4.69) is 5.32 Å². The zero-order chi connectivity index (χ0) is 14.0. The second kappa shape index (κ2) is 5.49. The molecule has 1 aromatic rings. The number of β-amino-alcohol motifs (C(OH)–C–C–N with tert-alkyl or cyclic N) is 1. The maximum absolute atomic E-state index is 11.8. The molecule has 2 N–H and O–H groups in total. The first-order chi connectivity index (χ1) is 8.89. The smallest absolute Gasteiger partial charge is 0.238 e. The fourth-order valence-electron chi connectivity index (χ4n) is 2.14. The van der Waals surface area contributed by atoms with Crippen LogP contribution in [0.3, 0.4) is 0 Å². The molecule has 1 aromatic carbocycles. The van der Waals surface area contributed by atoms with Gasteiger partial charge < -0.3 is 10.4 Å². The van der Waals surface area contributed by atoms with E-state index in [0.717, 1.165) is 5.69 Å². The van der Waals surface area contributed by atoms with Gasteiger partial charge in [0.15, 0.2) is 0 Å². The molecule has 0 aliphatic carbocycles. The maximum Gasteiger partial charge on any atom is 0.238 e. The second-order valence-electron chi connectivity index (χ2n) is 5.46. The number of hydrogen-bond acceptors (Lipinski definition) is 3. The Morgan fingerprint density at radius 3 is 2.53 bits per heavy atom. The predicted molar refractivity (Wildman–Crippen MR) is 76.3 cm³/mol. The monoisotopic (exact) mass is 282 g/mol. The molecule has 1 fully saturated rings. The molecule has 104 valence electrons. The lowest BCUT2D eigenvalue weighted by Crippen LogP contribution is -2.65. The van der Waals surface area contributed by atoms with Crippen LogP contribution in [0.5, 0.6) is 0 Å². The molecule has 1 heterocycles. The molecule has 2 rings (SSSR count). The van der Waals surface area contributed by atoms with Gasteiger partial charge in [0.2, 0.25) is 5.91 Å². The van der Waals surface area contributed by atoms with Gasteiger partial charge in [-0.15, -0.1) is 0 Å². The quantitative estimate of drug-likeness (QED) is 0.888. The number of hydrogen-bond donors (Lipinski definition) is 2. The topological polar surface area (TPSA) is 52.6 Å². The molecule has 4 nitrogen and oxygen atoms in total. The Hall–Kier alpha value is -1.10. The highest BCUT2D eigenvalue weighted by molar-refractivity contribution is 6.30. The van der Waals surface area contributed by atoms with Gasteiger partial charge in [0.25, 0.3) is 0 Å². The first kappa shape index (κ1) is 14.3. The second-order valence-corrected chi connectivity index (χ2v) is 5.89. The van der Waals surface area contributed by atoms with E-state index in [4.69, 9.17) is 11.6 Å². The highest BCUT2D eigenvalue weighted by Gasteiger charge is 2.43. The summed E-state index contributed by atoms with van der Waals surface area (Å²) in [5.41, 5.74) is 0.0923. The molecule has 0 radical (unpaired) electrons. The zero-order valence-corrected chi connectivity index (χ0v) is 11.9. The average Bonchev–Trinajstić information content (AvgIpc) is 2.29. The number of likely N-dealkylation sites (tertiary alicyclic amines) is 1. The summed E-state index contributed by atoms with van der Waals surface area (Å²) in [4.78, 5) is 13.7. The Bertz CT molecular complexity index is 453. The average molecular weight is 283 g/mol. The molecule has 0 bridgehead atoms. The van der Waals surface area contributed by atoms with Crippen molar-refractivity contribution < 1.29 is 9.90 Å². The van der Waals surface area contributed by atoms with E-state index in [0.29, 0.717) is 24.7 Å². The lowest BCUT2D eigenvalue weighted by molar-refractivity contribution is -0.139. The van der Waals surface area contributed by atoms with Gasteiger partial charge in [-0.3, -0.25) is 9.69 Å². The number of nitrogens with one attached hydrogen (secondary N) is 1. The zero-order valence-electron chi connectivity index (χ0n) is 11.2. The molecule has 0 aromatic heterocycles. The third kappa shape index (κ3) is 3.47. The van der Waals surface area contributed by atoms with Crippen molar-refractivity contribution in [2.24, 2.45) is 5.92 Å². The minimum atomic E-state index is -0.638. The van der Waals surface area contributed by atoms with Crippen LogP contribution in [0, 0.1) is 5.92 Å². The first-order valence-electron chi connectivity index (χ1n) is 6.39. The lowest BCUT2D eigenvalue weighted by atomic mass is 9.83. The highest BCUT2D eigenvalue weighted by atomic mass is 35.5. The number of nitrogens with zero attached hydrogens (tertiary/aromatic N) is 1. The van der Waals surface area contributed by atoms with Crippen LogP contribution in [0.2, 0.25) is 5.02 Å². The standard InChI is InChI=1S/C14H19ClN2O2/c1-10(2)14(19)8-17(9-14)7-13(18)16-12-5-3-11(15)4-6-12/h3-6,10,19H,7-9H2,1-2H3,(H,16,18). The van der Waals surface area contributed by atoms with Crippen molar-refractivity contribution in [2.75, 3.05) is 25.0 Å². The number of aliphatic hydroxyl groups is 1. The molecule has 0 saturated carbocycles. The normalized spacial score (nSPS) is 18.2. The summed E-state index contributed by atoms with van der Waals surface area (Å²) >= 11 is 5.78. The van der Waals surface area contributed by atoms with E-state index in [9.17, 15) is 9.90 Å². The number of carbonyl (C=O) groups excluding carboxylic acids is 1. The third-order valence-corrected chi connectivity index (χ3v) is 3.82. The molecule has 1 aliphatic heterocycles. The maximum atomic E-state index is 11.8. The molecule has 0 unspecified atom stereocenters. The van der Waals surface area contributed by atoms with Crippen molar-refractivity contribution in [3.05, 3.63) is 29.3 Å². The van der Waals surface area contributed by atoms with E-state index in [1.54, 1.807) is 24.3 Å². The number of halogens is 1. The Labute approximate surface area is 118 Å². The van der Waals surface area contributed by atoms with E-state index >= 15 is 0 Å². The SMILES string of the molecule is CC(C)C1(O)CN(CC(=O)Nc2ccc(Cl)cc2)C1. The number of amides is 1. The number of benzene rings is 1. The third-order valence-electron chi connectivity index (χ3n) is 3.56. The molecular weight excluding hydrogens is 264 g/mol. The van der Waals surface area contributed by atoms with Gasteiger partial charge in [-0.1, -0.05) is 25.4 Å². The van der Waals surface area contributed by atoms with Crippen molar-refractivity contribution in [1.29, 1.82) is 0 Å². The van der Waals surface area contributed by atoms with Crippen molar-refractivity contribution in [3.8, 4) is 0 Å². The van der Waals surface area contributed by atoms with Gasteiger partial charge in [0.1, 0.15) is 0 Å². The molecular formula is C14H19ClN2O2. The summed E-state index contributed by atoms with van der Waals surface area (Å²) in [6, 6.07) is 7.00. The molecule has 19 heavy (non-hydrogen) atoms. The van der Waals surface area contributed by atoms with Gasteiger partial charge in [-0.2, -0.15) is 0 Å². The van der Waals surface area contributed by atoms with E-state index in [-0.39, 0.29) is 11.8 Å². The largest absolute Gasteiger partial charge is 0.387 e. The first-order valence-corrected chi connectivity index (χ1v) is 6.77. The summed E-state index contributed by atoms with van der Waals surface area (Å²) in [6.07, 6.45) is 0. The predicted octanol–water partition coefficient (Wildman–Crippen LogP) is 1.98. The van der Waals surface area contributed by atoms with Gasteiger partial charge in [-0.25, -0.2) is 0 Å². The van der Waals surface area contributed by atoms with Gasteiger partial charge in [-0.05, 0) is 30.2 Å². The highest BCUT2D eigenvalue weighted by Crippen LogP contribution is 2.28. The molecule has 0 spiro atoms. The fraction of sp³-hybridized carbons (Fsp3) is 0.500. The van der Waals surface area contributed by atoms with Crippen LogP contribution in [-0.4, -0.2) is 41.1 Å².